The van der Waals surface area contributed by atoms with Gasteiger partial charge in [0.25, 0.3) is 0 Å². The maximum Gasteiger partial charge on any atom is 0.362 e. The number of halogens is 1. The van der Waals surface area contributed by atoms with Crippen LogP contribution in [0.15, 0.2) is 57.7 Å². The summed E-state index contributed by atoms with van der Waals surface area (Å²) in [7, 11) is 0. The van der Waals surface area contributed by atoms with Gasteiger partial charge in [0.15, 0.2) is 5.69 Å². The molecule has 1 heterocycles. The Morgan fingerprint density at radius 3 is 2.50 bits per heavy atom. The van der Waals surface area contributed by atoms with E-state index < -0.39 is 5.63 Å². The van der Waals surface area contributed by atoms with Crippen LogP contribution in [0.25, 0.3) is 11.0 Å². The van der Waals surface area contributed by atoms with Crippen LogP contribution in [-0.2, 0) is 11.2 Å². The van der Waals surface area contributed by atoms with Crippen molar-refractivity contribution in [3.05, 3.63) is 69.5 Å². The molecule has 1 amide bonds. The lowest BCUT2D eigenvalue weighted by Gasteiger charge is -2.18. The maximum absolute atomic E-state index is 12.6. The minimum absolute atomic E-state index is 0.145. The molecule has 1 aliphatic carbocycles. The maximum atomic E-state index is 12.6. The monoisotopic (exact) mass is 396 g/mol. The summed E-state index contributed by atoms with van der Waals surface area (Å²) >= 11 is 5.89. The van der Waals surface area contributed by atoms with Crippen LogP contribution < -0.4 is 16.3 Å². The van der Waals surface area contributed by atoms with Crippen molar-refractivity contribution >= 4 is 39.9 Å². The summed E-state index contributed by atoms with van der Waals surface area (Å²) in [5.74, 6) is -0.278. The van der Waals surface area contributed by atoms with E-state index in [1.54, 1.807) is 30.3 Å². The lowest BCUT2D eigenvalue weighted by atomic mass is 10.1. The highest BCUT2D eigenvalue weighted by Crippen LogP contribution is 2.32. The number of benzene rings is 2. The highest BCUT2D eigenvalue weighted by molar-refractivity contribution is 6.30. The van der Waals surface area contributed by atoms with E-state index in [2.05, 4.69) is 10.6 Å². The van der Waals surface area contributed by atoms with Crippen molar-refractivity contribution in [2.75, 3.05) is 10.6 Å². The minimum Gasteiger partial charge on any atom is -0.421 e. The molecule has 4 rings (SSSR count). The van der Waals surface area contributed by atoms with Crippen LogP contribution in [0.5, 0.6) is 0 Å². The molecule has 0 unspecified atom stereocenters. The largest absolute Gasteiger partial charge is 0.421 e. The Bertz CT molecular complexity index is 1050. The van der Waals surface area contributed by atoms with Crippen LogP contribution in [0.2, 0.25) is 5.02 Å². The Morgan fingerprint density at radius 1 is 1.04 bits per heavy atom. The number of anilines is 2. The molecule has 3 aromatic rings. The molecule has 1 aromatic heterocycles. The van der Waals surface area contributed by atoms with E-state index in [-0.39, 0.29) is 24.1 Å². The number of amides is 1. The van der Waals surface area contributed by atoms with Crippen LogP contribution in [-0.4, -0.2) is 11.9 Å². The number of hydrogen-bond acceptors (Lipinski definition) is 4. The molecule has 0 spiro atoms. The number of fused-ring (bicyclic) bond motifs is 1. The molecule has 0 atom stereocenters. The fourth-order valence-electron chi connectivity index (χ4n) is 3.66. The van der Waals surface area contributed by atoms with Gasteiger partial charge in [0.2, 0.25) is 5.91 Å². The molecule has 28 heavy (non-hydrogen) atoms. The highest BCUT2D eigenvalue weighted by atomic mass is 35.5. The van der Waals surface area contributed by atoms with E-state index in [1.807, 2.05) is 18.2 Å². The molecule has 0 bridgehead atoms. The number of nitrogens with one attached hydrogen (secondary N) is 2. The SMILES string of the molecule is O=C(Cc1ccc(Cl)cc1)Nc1c(NC2CCCC2)c2ccccc2oc1=O. The molecule has 6 heteroatoms. The van der Waals surface area contributed by atoms with Gasteiger partial charge in [0.05, 0.1) is 12.1 Å². The predicted molar refractivity (Wildman–Crippen MR) is 112 cm³/mol. The quantitative estimate of drug-likeness (QED) is 0.596. The number of para-hydroxylation sites is 1. The van der Waals surface area contributed by atoms with E-state index in [0.29, 0.717) is 16.3 Å². The van der Waals surface area contributed by atoms with Gasteiger partial charge in [-0.15, -0.1) is 0 Å². The van der Waals surface area contributed by atoms with E-state index in [9.17, 15) is 9.59 Å². The highest BCUT2D eigenvalue weighted by Gasteiger charge is 2.21. The zero-order valence-electron chi connectivity index (χ0n) is 15.3. The van der Waals surface area contributed by atoms with Gasteiger partial charge in [-0.05, 0) is 42.7 Å². The zero-order valence-corrected chi connectivity index (χ0v) is 16.1. The van der Waals surface area contributed by atoms with E-state index >= 15 is 0 Å². The lowest BCUT2D eigenvalue weighted by molar-refractivity contribution is -0.115. The molecule has 144 valence electrons. The van der Waals surface area contributed by atoms with Gasteiger partial charge >= 0.3 is 5.63 Å². The molecular weight excluding hydrogens is 376 g/mol. The van der Waals surface area contributed by atoms with Crippen molar-refractivity contribution in [2.45, 2.75) is 38.1 Å². The third-order valence-corrected chi connectivity index (χ3v) is 5.31. The Balaban J connectivity index is 1.66. The average molecular weight is 397 g/mol. The Labute approximate surface area is 167 Å². The second-order valence-electron chi connectivity index (χ2n) is 7.11. The molecule has 2 N–H and O–H groups in total. The summed E-state index contributed by atoms with van der Waals surface area (Å²) in [5, 5.41) is 7.65. The second-order valence-corrected chi connectivity index (χ2v) is 7.55. The molecular formula is C22H21ClN2O3. The first-order valence-corrected chi connectivity index (χ1v) is 9.84. The number of rotatable bonds is 5. The summed E-state index contributed by atoms with van der Waals surface area (Å²) in [6.07, 6.45) is 4.57. The summed E-state index contributed by atoms with van der Waals surface area (Å²) < 4.78 is 5.44. The molecule has 1 saturated carbocycles. The first-order chi connectivity index (χ1) is 13.6. The van der Waals surface area contributed by atoms with Crippen molar-refractivity contribution in [2.24, 2.45) is 0 Å². The van der Waals surface area contributed by atoms with Crippen molar-refractivity contribution in [1.82, 2.24) is 0 Å². The first-order valence-electron chi connectivity index (χ1n) is 9.47. The topological polar surface area (TPSA) is 71.3 Å². The minimum atomic E-state index is -0.552. The predicted octanol–water partition coefficient (Wildman–Crippen LogP) is 4.98. The smallest absolute Gasteiger partial charge is 0.362 e. The van der Waals surface area contributed by atoms with Crippen LogP contribution in [0, 0.1) is 0 Å². The van der Waals surface area contributed by atoms with Crippen LogP contribution in [0.1, 0.15) is 31.2 Å². The normalized spacial score (nSPS) is 14.3. The van der Waals surface area contributed by atoms with Gasteiger partial charge in [0.1, 0.15) is 5.58 Å². The molecule has 0 saturated heterocycles. The molecule has 0 aliphatic heterocycles. The third-order valence-electron chi connectivity index (χ3n) is 5.06. The molecule has 0 radical (unpaired) electrons. The van der Waals surface area contributed by atoms with Crippen LogP contribution in [0.4, 0.5) is 11.4 Å². The Kier molecular flexibility index (Phi) is 5.35. The molecule has 5 nitrogen and oxygen atoms in total. The summed E-state index contributed by atoms with van der Waals surface area (Å²) in [6, 6.07) is 14.7. The molecule has 2 aromatic carbocycles. The standard InChI is InChI=1S/C22H21ClN2O3/c23-15-11-9-14(10-12-15)13-19(26)25-21-20(24-16-5-1-2-6-16)17-7-3-4-8-18(17)28-22(21)27/h3-4,7-12,16,24H,1-2,5-6,13H2,(H,25,26). The summed E-state index contributed by atoms with van der Waals surface area (Å²) in [6.45, 7) is 0. The van der Waals surface area contributed by atoms with Crippen molar-refractivity contribution < 1.29 is 9.21 Å². The third kappa shape index (κ3) is 4.04. The van der Waals surface area contributed by atoms with E-state index in [4.69, 9.17) is 16.0 Å². The Morgan fingerprint density at radius 2 is 1.75 bits per heavy atom. The molecule has 1 fully saturated rings. The number of carbonyl (C=O) groups is 1. The van der Waals surface area contributed by atoms with Crippen LogP contribution >= 0.6 is 11.6 Å². The molecule has 1 aliphatic rings. The fourth-order valence-corrected chi connectivity index (χ4v) is 3.78. The zero-order chi connectivity index (χ0) is 19.5. The van der Waals surface area contributed by atoms with E-state index in [1.165, 1.54) is 0 Å². The number of carbonyl (C=O) groups excluding carboxylic acids is 1. The van der Waals surface area contributed by atoms with Gasteiger partial charge < -0.3 is 15.1 Å². The van der Waals surface area contributed by atoms with Gasteiger partial charge in [-0.3, -0.25) is 4.79 Å². The van der Waals surface area contributed by atoms with Crippen molar-refractivity contribution in [3.8, 4) is 0 Å². The summed E-state index contributed by atoms with van der Waals surface area (Å²) in [5.41, 5.74) is 1.58. The average Bonchev–Trinajstić information content (AvgIpc) is 3.19. The van der Waals surface area contributed by atoms with Crippen molar-refractivity contribution in [3.63, 3.8) is 0 Å². The fraction of sp³-hybridized carbons (Fsp3) is 0.273. The Hall–Kier alpha value is -2.79. The number of hydrogen-bond donors (Lipinski definition) is 2. The first kappa shape index (κ1) is 18.6. The lowest BCUT2D eigenvalue weighted by Crippen LogP contribution is -2.24. The summed E-state index contributed by atoms with van der Waals surface area (Å²) in [4.78, 5) is 25.2. The van der Waals surface area contributed by atoms with Gasteiger partial charge in [-0.2, -0.15) is 0 Å². The second kappa shape index (κ2) is 8.07. The van der Waals surface area contributed by atoms with Crippen molar-refractivity contribution in [1.29, 1.82) is 0 Å². The van der Waals surface area contributed by atoms with E-state index in [0.717, 1.165) is 36.6 Å². The van der Waals surface area contributed by atoms with Gasteiger partial charge in [0, 0.05) is 16.5 Å². The van der Waals surface area contributed by atoms with Gasteiger partial charge in [-0.1, -0.05) is 48.7 Å². The van der Waals surface area contributed by atoms with Gasteiger partial charge in [-0.25, -0.2) is 4.79 Å². The van der Waals surface area contributed by atoms with Crippen LogP contribution in [0.3, 0.4) is 0 Å².